The van der Waals surface area contributed by atoms with Crippen LogP contribution in [0.15, 0.2) is 17.0 Å². The Morgan fingerprint density at radius 2 is 2.00 bits per heavy atom. The quantitative estimate of drug-likeness (QED) is 0.883. The lowest BCUT2D eigenvalue weighted by Crippen LogP contribution is -2.30. The lowest BCUT2D eigenvalue weighted by molar-refractivity contribution is -0.132. The molecule has 0 radical (unpaired) electrons. The third kappa shape index (κ3) is 2.78. The smallest absolute Gasteiger partial charge is 0.263 e. The second-order valence-corrected chi connectivity index (χ2v) is 6.64. The van der Waals surface area contributed by atoms with E-state index in [1.807, 2.05) is 0 Å². The minimum Gasteiger partial charge on any atom is -0.479 e. The van der Waals surface area contributed by atoms with Crippen molar-refractivity contribution in [1.29, 1.82) is 0 Å². The van der Waals surface area contributed by atoms with Gasteiger partial charge in [-0.25, -0.2) is 13.6 Å². The van der Waals surface area contributed by atoms with Gasteiger partial charge in [-0.3, -0.25) is 4.79 Å². The lowest BCUT2D eigenvalue weighted by Gasteiger charge is -2.18. The Hall–Kier alpha value is -1.60. The number of hydrogen-bond donors (Lipinski definition) is 1. The number of sulfonamides is 1. The van der Waals surface area contributed by atoms with Crippen LogP contribution in [0.1, 0.15) is 17.5 Å². The van der Waals surface area contributed by atoms with Gasteiger partial charge >= 0.3 is 0 Å². The molecule has 1 aromatic rings. The Labute approximate surface area is 118 Å². The van der Waals surface area contributed by atoms with Gasteiger partial charge in [0.2, 0.25) is 10.0 Å². The first-order chi connectivity index (χ1) is 9.20. The van der Waals surface area contributed by atoms with E-state index in [-0.39, 0.29) is 16.6 Å². The molecule has 2 N–H and O–H groups in total. The van der Waals surface area contributed by atoms with Gasteiger partial charge in [0.15, 0.2) is 6.10 Å². The maximum absolute atomic E-state index is 11.9. The average molecular weight is 298 g/mol. The Bertz CT molecular complexity index is 655. The summed E-state index contributed by atoms with van der Waals surface area (Å²) in [4.78, 5) is 13.4. The number of amides is 1. The number of likely N-dealkylation sites (N-methyl/N-ethyl adjacent to an activating group) is 1. The highest BCUT2D eigenvalue weighted by Crippen LogP contribution is 2.31. The van der Waals surface area contributed by atoms with Crippen LogP contribution < -0.4 is 9.88 Å². The van der Waals surface area contributed by atoms with Crippen LogP contribution in [0.2, 0.25) is 0 Å². The largest absolute Gasteiger partial charge is 0.479 e. The fourth-order valence-corrected chi connectivity index (χ4v) is 3.14. The summed E-state index contributed by atoms with van der Waals surface area (Å²) in [5.74, 6) is 0.0251. The molecule has 1 amide bonds. The zero-order valence-corrected chi connectivity index (χ0v) is 12.5. The number of benzene rings is 1. The molecule has 7 heteroatoms. The van der Waals surface area contributed by atoms with E-state index < -0.39 is 16.1 Å². The fourth-order valence-electron chi connectivity index (χ4n) is 2.32. The summed E-state index contributed by atoms with van der Waals surface area (Å²) in [5, 5.41) is 5.23. The SMILES string of the molecule is Cc1cc(C)c(OC2CCN(C)C2=O)c(S(N)(=O)=O)c1. The van der Waals surface area contributed by atoms with E-state index >= 15 is 0 Å². The molecule has 1 saturated heterocycles. The number of carbonyl (C=O) groups excluding carboxylic acids is 1. The molecule has 20 heavy (non-hydrogen) atoms. The molecule has 1 atom stereocenters. The van der Waals surface area contributed by atoms with Crippen LogP contribution >= 0.6 is 0 Å². The van der Waals surface area contributed by atoms with Gasteiger partial charge in [0.25, 0.3) is 5.91 Å². The maximum Gasteiger partial charge on any atom is 0.263 e. The highest BCUT2D eigenvalue weighted by molar-refractivity contribution is 7.89. The van der Waals surface area contributed by atoms with Crippen molar-refractivity contribution in [3.8, 4) is 5.75 Å². The number of carbonyl (C=O) groups is 1. The van der Waals surface area contributed by atoms with E-state index in [2.05, 4.69) is 0 Å². The molecular formula is C13H18N2O4S. The second kappa shape index (κ2) is 5.06. The average Bonchev–Trinajstić information content (AvgIpc) is 2.62. The van der Waals surface area contributed by atoms with Gasteiger partial charge in [-0.2, -0.15) is 0 Å². The van der Waals surface area contributed by atoms with Crippen molar-refractivity contribution in [3.63, 3.8) is 0 Å². The first-order valence-corrected chi connectivity index (χ1v) is 7.80. The number of primary sulfonamides is 1. The Kier molecular flexibility index (Phi) is 3.75. The van der Waals surface area contributed by atoms with Crippen LogP contribution in [-0.4, -0.2) is 38.9 Å². The van der Waals surface area contributed by atoms with Crippen LogP contribution in [0.5, 0.6) is 5.75 Å². The van der Waals surface area contributed by atoms with Gasteiger partial charge in [0, 0.05) is 20.0 Å². The molecule has 1 heterocycles. The van der Waals surface area contributed by atoms with Crippen LogP contribution in [0.3, 0.4) is 0 Å². The molecule has 1 fully saturated rings. The van der Waals surface area contributed by atoms with Crippen LogP contribution in [0.4, 0.5) is 0 Å². The van der Waals surface area contributed by atoms with E-state index in [1.165, 1.54) is 6.07 Å². The topological polar surface area (TPSA) is 89.7 Å². The summed E-state index contributed by atoms with van der Waals surface area (Å²) in [7, 11) is -2.21. The summed E-state index contributed by atoms with van der Waals surface area (Å²) in [6.45, 7) is 4.11. The third-order valence-electron chi connectivity index (χ3n) is 3.33. The number of hydrogen-bond acceptors (Lipinski definition) is 4. The van der Waals surface area contributed by atoms with Crippen molar-refractivity contribution in [3.05, 3.63) is 23.3 Å². The summed E-state index contributed by atoms with van der Waals surface area (Å²) >= 11 is 0. The molecule has 0 bridgehead atoms. The number of likely N-dealkylation sites (tertiary alicyclic amines) is 1. The van der Waals surface area contributed by atoms with Crippen molar-refractivity contribution >= 4 is 15.9 Å². The molecule has 0 aromatic heterocycles. The fraction of sp³-hybridized carbons (Fsp3) is 0.462. The van der Waals surface area contributed by atoms with Crippen LogP contribution in [-0.2, 0) is 14.8 Å². The Morgan fingerprint density at radius 3 is 2.50 bits per heavy atom. The van der Waals surface area contributed by atoms with Crippen molar-refractivity contribution in [2.24, 2.45) is 5.14 Å². The molecule has 1 aromatic carbocycles. The van der Waals surface area contributed by atoms with Gasteiger partial charge in [-0.15, -0.1) is 0 Å². The Morgan fingerprint density at radius 1 is 1.35 bits per heavy atom. The monoisotopic (exact) mass is 298 g/mol. The molecule has 0 saturated carbocycles. The maximum atomic E-state index is 11.9. The minimum atomic E-state index is -3.90. The zero-order valence-electron chi connectivity index (χ0n) is 11.7. The highest BCUT2D eigenvalue weighted by atomic mass is 32.2. The molecule has 2 rings (SSSR count). The van der Waals surface area contributed by atoms with E-state index in [9.17, 15) is 13.2 Å². The van der Waals surface area contributed by atoms with E-state index in [0.717, 1.165) is 5.56 Å². The van der Waals surface area contributed by atoms with Gasteiger partial charge in [-0.05, 0) is 31.0 Å². The molecule has 0 spiro atoms. The van der Waals surface area contributed by atoms with Crippen molar-refractivity contribution < 1.29 is 17.9 Å². The van der Waals surface area contributed by atoms with Gasteiger partial charge < -0.3 is 9.64 Å². The van der Waals surface area contributed by atoms with Gasteiger partial charge in [-0.1, -0.05) is 6.07 Å². The summed E-state index contributed by atoms with van der Waals surface area (Å²) in [6, 6.07) is 3.26. The van der Waals surface area contributed by atoms with Gasteiger partial charge in [0.05, 0.1) is 0 Å². The van der Waals surface area contributed by atoms with E-state index in [1.54, 1.807) is 31.9 Å². The molecule has 6 nitrogen and oxygen atoms in total. The number of rotatable bonds is 3. The molecule has 1 aliphatic heterocycles. The third-order valence-corrected chi connectivity index (χ3v) is 4.25. The number of ether oxygens (including phenoxy) is 1. The van der Waals surface area contributed by atoms with Crippen molar-refractivity contribution in [2.45, 2.75) is 31.3 Å². The molecule has 0 aliphatic carbocycles. The normalized spacial score (nSPS) is 19.5. The predicted octanol–water partition coefficient (Wildman–Crippen LogP) is 0.560. The first-order valence-electron chi connectivity index (χ1n) is 6.26. The molecule has 1 unspecified atom stereocenters. The number of nitrogens with two attached hydrogens (primary N) is 1. The number of aryl methyl sites for hydroxylation is 2. The van der Waals surface area contributed by atoms with Crippen molar-refractivity contribution in [1.82, 2.24) is 4.90 Å². The number of nitrogens with zero attached hydrogens (tertiary/aromatic N) is 1. The highest BCUT2D eigenvalue weighted by Gasteiger charge is 2.32. The summed E-state index contributed by atoms with van der Waals surface area (Å²) in [6.07, 6.45) is -0.117. The van der Waals surface area contributed by atoms with E-state index in [0.29, 0.717) is 18.5 Å². The molecular weight excluding hydrogens is 280 g/mol. The minimum absolute atomic E-state index is 0.0719. The lowest BCUT2D eigenvalue weighted by atomic mass is 10.1. The molecule has 110 valence electrons. The standard InChI is InChI=1S/C13H18N2O4S/c1-8-6-9(2)12(11(7-8)20(14,17)18)19-10-4-5-15(3)13(10)16/h6-7,10H,4-5H2,1-3H3,(H2,14,17,18). The van der Waals surface area contributed by atoms with Gasteiger partial charge in [0.1, 0.15) is 10.6 Å². The zero-order chi connectivity index (χ0) is 15.1. The Balaban J connectivity index is 2.44. The predicted molar refractivity (Wildman–Crippen MR) is 74.0 cm³/mol. The van der Waals surface area contributed by atoms with Crippen LogP contribution in [0.25, 0.3) is 0 Å². The first kappa shape index (κ1) is 14.8. The van der Waals surface area contributed by atoms with E-state index in [4.69, 9.17) is 9.88 Å². The molecule has 1 aliphatic rings. The second-order valence-electron chi connectivity index (χ2n) is 5.11. The van der Waals surface area contributed by atoms with Crippen molar-refractivity contribution in [2.75, 3.05) is 13.6 Å². The summed E-state index contributed by atoms with van der Waals surface area (Å²) in [5.41, 5.74) is 1.42. The van der Waals surface area contributed by atoms with Crippen LogP contribution in [0, 0.1) is 13.8 Å². The summed E-state index contributed by atoms with van der Waals surface area (Å²) < 4.78 is 29.0.